The third-order valence-corrected chi connectivity index (χ3v) is 4.58. The molecule has 18 heavy (non-hydrogen) atoms. The van der Waals surface area contributed by atoms with Gasteiger partial charge in [-0.05, 0) is 57.0 Å². The Balaban J connectivity index is 1.57. The zero-order chi connectivity index (χ0) is 12.8. The Bertz CT molecular complexity index is 231. The van der Waals surface area contributed by atoms with Crippen molar-refractivity contribution in [1.29, 1.82) is 0 Å². The van der Waals surface area contributed by atoms with Crippen LogP contribution in [0.15, 0.2) is 0 Å². The Hall–Kier alpha value is -0.120. The summed E-state index contributed by atoms with van der Waals surface area (Å²) < 4.78 is 5.70. The molecule has 0 bridgehead atoms. The molecule has 0 aromatic rings. The summed E-state index contributed by atoms with van der Waals surface area (Å²) in [4.78, 5) is 2.44. The van der Waals surface area contributed by atoms with Gasteiger partial charge in [0.1, 0.15) is 0 Å². The van der Waals surface area contributed by atoms with Crippen LogP contribution in [0.1, 0.15) is 38.5 Å². The molecule has 0 heterocycles. The molecule has 0 aliphatic heterocycles. The van der Waals surface area contributed by atoms with Gasteiger partial charge in [0.05, 0.1) is 6.61 Å². The Morgan fingerprint density at radius 3 is 2.50 bits per heavy atom. The van der Waals surface area contributed by atoms with Gasteiger partial charge in [0.15, 0.2) is 0 Å². The highest BCUT2D eigenvalue weighted by Crippen LogP contribution is 2.30. The van der Waals surface area contributed by atoms with Crippen molar-refractivity contribution in [3.8, 4) is 0 Å². The second kappa shape index (κ2) is 7.46. The van der Waals surface area contributed by atoms with Crippen molar-refractivity contribution >= 4 is 0 Å². The molecule has 3 heteroatoms. The van der Waals surface area contributed by atoms with Crippen molar-refractivity contribution < 1.29 is 4.74 Å². The number of nitrogens with two attached hydrogens (primary N) is 1. The molecule has 2 rings (SSSR count). The Morgan fingerprint density at radius 2 is 1.83 bits per heavy atom. The van der Waals surface area contributed by atoms with Crippen molar-refractivity contribution in [2.24, 2.45) is 23.5 Å². The van der Waals surface area contributed by atoms with Crippen molar-refractivity contribution in [1.82, 2.24) is 4.90 Å². The molecule has 2 unspecified atom stereocenters. The number of nitrogens with zero attached hydrogens (tertiary/aromatic N) is 1. The number of hydrogen-bond donors (Lipinski definition) is 1. The zero-order valence-corrected chi connectivity index (χ0v) is 11.9. The van der Waals surface area contributed by atoms with Gasteiger partial charge < -0.3 is 15.4 Å². The van der Waals surface area contributed by atoms with E-state index in [1.807, 2.05) is 0 Å². The average Bonchev–Trinajstić information content (AvgIpc) is 3.19. The van der Waals surface area contributed by atoms with E-state index in [4.69, 9.17) is 10.5 Å². The van der Waals surface area contributed by atoms with Gasteiger partial charge in [0, 0.05) is 19.7 Å². The summed E-state index contributed by atoms with van der Waals surface area (Å²) in [7, 11) is 2.22. The molecule has 0 spiro atoms. The van der Waals surface area contributed by atoms with Crippen LogP contribution in [0.25, 0.3) is 0 Å². The van der Waals surface area contributed by atoms with Crippen LogP contribution in [0, 0.1) is 17.8 Å². The minimum atomic E-state index is 0.758. The number of likely N-dealkylation sites (N-methyl/N-ethyl adjacent to an activating group) is 1. The highest BCUT2D eigenvalue weighted by molar-refractivity contribution is 4.78. The first kappa shape index (κ1) is 14.3. The van der Waals surface area contributed by atoms with Crippen molar-refractivity contribution in [3.63, 3.8) is 0 Å². The molecule has 2 N–H and O–H groups in total. The minimum absolute atomic E-state index is 0.758. The average molecular weight is 254 g/mol. The summed E-state index contributed by atoms with van der Waals surface area (Å²) in [6.07, 6.45) is 8.26. The molecule has 2 atom stereocenters. The second-order valence-electron chi connectivity index (χ2n) is 6.32. The first-order valence-electron chi connectivity index (χ1n) is 7.76. The third-order valence-electron chi connectivity index (χ3n) is 4.58. The molecule has 0 aromatic heterocycles. The number of rotatable bonds is 8. The van der Waals surface area contributed by atoms with Gasteiger partial charge in [-0.25, -0.2) is 0 Å². The molecular formula is C15H30N2O. The standard InChI is InChI=1S/C15H30N2O/c1-17(8-9-18-12-13-6-7-13)11-15-5-3-2-4-14(15)10-16/h13-15H,2-12,16H2,1H3. The normalized spacial score (nSPS) is 28.8. The molecule has 3 nitrogen and oxygen atoms in total. The summed E-state index contributed by atoms with van der Waals surface area (Å²) in [5, 5.41) is 0. The van der Waals surface area contributed by atoms with Crippen LogP contribution in [0.3, 0.4) is 0 Å². The van der Waals surface area contributed by atoms with Crippen molar-refractivity contribution in [3.05, 3.63) is 0 Å². The van der Waals surface area contributed by atoms with Crippen LogP contribution >= 0.6 is 0 Å². The Kier molecular flexibility index (Phi) is 5.93. The highest BCUT2D eigenvalue weighted by Gasteiger charge is 2.25. The zero-order valence-electron chi connectivity index (χ0n) is 11.9. The van der Waals surface area contributed by atoms with Gasteiger partial charge in [0.25, 0.3) is 0 Å². The van der Waals surface area contributed by atoms with Crippen molar-refractivity contribution in [2.75, 3.05) is 39.9 Å². The van der Waals surface area contributed by atoms with E-state index in [0.29, 0.717) is 0 Å². The van der Waals surface area contributed by atoms with Crippen LogP contribution in [-0.4, -0.2) is 44.8 Å². The molecule has 2 aliphatic carbocycles. The van der Waals surface area contributed by atoms with Crippen LogP contribution < -0.4 is 5.73 Å². The van der Waals surface area contributed by atoms with E-state index in [9.17, 15) is 0 Å². The van der Waals surface area contributed by atoms with Gasteiger partial charge in [-0.1, -0.05) is 12.8 Å². The fraction of sp³-hybridized carbons (Fsp3) is 1.00. The lowest BCUT2D eigenvalue weighted by molar-refractivity contribution is 0.0905. The van der Waals surface area contributed by atoms with E-state index < -0.39 is 0 Å². The molecule has 0 radical (unpaired) electrons. The fourth-order valence-electron chi connectivity index (χ4n) is 3.08. The van der Waals surface area contributed by atoms with E-state index in [-0.39, 0.29) is 0 Å². The lowest BCUT2D eigenvalue weighted by atomic mass is 9.79. The van der Waals surface area contributed by atoms with E-state index in [2.05, 4.69) is 11.9 Å². The fourth-order valence-corrected chi connectivity index (χ4v) is 3.08. The lowest BCUT2D eigenvalue weighted by Crippen LogP contribution is -2.36. The summed E-state index contributed by atoms with van der Waals surface area (Å²) in [6, 6.07) is 0. The maximum absolute atomic E-state index is 5.89. The maximum atomic E-state index is 5.89. The maximum Gasteiger partial charge on any atom is 0.0593 e. The minimum Gasteiger partial charge on any atom is -0.380 e. The SMILES string of the molecule is CN(CCOCC1CC1)CC1CCCCC1CN. The van der Waals surface area contributed by atoms with Crippen LogP contribution in [0.2, 0.25) is 0 Å². The van der Waals surface area contributed by atoms with Crippen LogP contribution in [0.5, 0.6) is 0 Å². The molecule has 2 saturated carbocycles. The van der Waals surface area contributed by atoms with E-state index in [0.717, 1.165) is 44.1 Å². The second-order valence-corrected chi connectivity index (χ2v) is 6.32. The summed E-state index contributed by atoms with van der Waals surface area (Å²) >= 11 is 0. The smallest absolute Gasteiger partial charge is 0.0593 e. The largest absolute Gasteiger partial charge is 0.380 e. The third kappa shape index (κ3) is 4.87. The van der Waals surface area contributed by atoms with Gasteiger partial charge >= 0.3 is 0 Å². The van der Waals surface area contributed by atoms with Gasteiger partial charge in [-0.3, -0.25) is 0 Å². The molecule has 106 valence electrons. The molecule has 0 aromatic carbocycles. The molecule has 2 fully saturated rings. The van der Waals surface area contributed by atoms with Crippen LogP contribution in [-0.2, 0) is 4.74 Å². The molecule has 0 saturated heterocycles. The van der Waals surface area contributed by atoms with E-state index in [1.54, 1.807) is 0 Å². The van der Waals surface area contributed by atoms with Crippen LogP contribution in [0.4, 0.5) is 0 Å². The van der Waals surface area contributed by atoms with Gasteiger partial charge in [-0.2, -0.15) is 0 Å². The predicted molar refractivity (Wildman–Crippen MR) is 75.5 cm³/mol. The first-order chi connectivity index (χ1) is 8.79. The summed E-state index contributed by atoms with van der Waals surface area (Å²) in [6.45, 7) is 5.03. The Morgan fingerprint density at radius 1 is 1.11 bits per heavy atom. The first-order valence-corrected chi connectivity index (χ1v) is 7.76. The lowest BCUT2D eigenvalue weighted by Gasteiger charge is -2.33. The topological polar surface area (TPSA) is 38.5 Å². The number of hydrogen-bond acceptors (Lipinski definition) is 3. The molecule has 2 aliphatic rings. The summed E-state index contributed by atoms with van der Waals surface area (Å²) in [5.41, 5.74) is 5.89. The van der Waals surface area contributed by atoms with E-state index in [1.165, 1.54) is 45.1 Å². The van der Waals surface area contributed by atoms with E-state index >= 15 is 0 Å². The van der Waals surface area contributed by atoms with Gasteiger partial charge in [0.2, 0.25) is 0 Å². The molecular weight excluding hydrogens is 224 g/mol. The predicted octanol–water partition coefficient (Wildman–Crippen LogP) is 2.11. The Labute approximate surface area is 112 Å². The quantitative estimate of drug-likeness (QED) is 0.674. The highest BCUT2D eigenvalue weighted by atomic mass is 16.5. The molecule has 0 amide bonds. The van der Waals surface area contributed by atoms with Gasteiger partial charge in [-0.15, -0.1) is 0 Å². The monoisotopic (exact) mass is 254 g/mol. The number of ether oxygens (including phenoxy) is 1. The summed E-state index contributed by atoms with van der Waals surface area (Å²) in [5.74, 6) is 2.46. The van der Waals surface area contributed by atoms with Crippen molar-refractivity contribution in [2.45, 2.75) is 38.5 Å².